The third-order valence-electron chi connectivity index (χ3n) is 3.81. The van der Waals surface area contributed by atoms with Crippen molar-refractivity contribution < 1.29 is 23.9 Å². The van der Waals surface area contributed by atoms with E-state index in [-0.39, 0.29) is 12.0 Å². The number of benzene rings is 1. The minimum absolute atomic E-state index is 0.203. The zero-order chi connectivity index (χ0) is 19.6. The van der Waals surface area contributed by atoms with E-state index < -0.39 is 24.5 Å². The number of carbonyl (C=O) groups is 3. The fraction of sp³-hybridized carbons (Fsp3) is 0.526. The minimum atomic E-state index is -0.672. The highest BCUT2D eigenvalue weighted by Crippen LogP contribution is 2.27. The van der Waals surface area contributed by atoms with Crippen LogP contribution in [0.1, 0.15) is 37.0 Å². The first-order valence-corrected chi connectivity index (χ1v) is 10.0. The van der Waals surface area contributed by atoms with Crippen molar-refractivity contribution in [3.05, 3.63) is 29.8 Å². The lowest BCUT2D eigenvalue weighted by Gasteiger charge is -2.12. The molecule has 2 N–H and O–H groups in total. The lowest BCUT2D eigenvalue weighted by molar-refractivity contribution is -0.123. The molecule has 0 bridgehead atoms. The topological polar surface area (TPSA) is 93.7 Å². The van der Waals surface area contributed by atoms with Gasteiger partial charge in [-0.1, -0.05) is 26.0 Å². The monoisotopic (exact) mass is 394 g/mol. The predicted molar refractivity (Wildman–Crippen MR) is 103 cm³/mol. The number of carbonyl (C=O) groups excluding carboxylic acids is 3. The summed E-state index contributed by atoms with van der Waals surface area (Å²) in [5.41, 5.74) is 0.401. The van der Waals surface area contributed by atoms with Crippen LogP contribution in [0.3, 0.4) is 0 Å². The molecule has 0 spiro atoms. The number of nitrogens with one attached hydrogen (secondary N) is 2. The fourth-order valence-corrected chi connectivity index (χ4v) is 3.54. The average molecular weight is 394 g/mol. The highest BCUT2D eigenvalue weighted by molar-refractivity contribution is 7.99. The molecule has 0 aliphatic carbocycles. The summed E-state index contributed by atoms with van der Waals surface area (Å²) in [5, 5.41) is 4.69. The summed E-state index contributed by atoms with van der Waals surface area (Å²) in [6.07, 6.45) is 2.29. The molecule has 1 fully saturated rings. The van der Waals surface area contributed by atoms with Crippen LogP contribution in [0.15, 0.2) is 29.2 Å². The van der Waals surface area contributed by atoms with E-state index in [2.05, 4.69) is 10.6 Å². The van der Waals surface area contributed by atoms with E-state index in [1.54, 1.807) is 12.1 Å². The number of ether oxygens (including phenoxy) is 2. The Balaban J connectivity index is 1.81. The van der Waals surface area contributed by atoms with Gasteiger partial charge in [-0.05, 0) is 30.9 Å². The summed E-state index contributed by atoms with van der Waals surface area (Å²) >= 11 is 1.54. The molecule has 1 aliphatic heterocycles. The third-order valence-corrected chi connectivity index (χ3v) is 5.02. The molecule has 0 saturated carbocycles. The molecular weight excluding hydrogens is 368 g/mol. The van der Waals surface area contributed by atoms with Gasteiger partial charge in [0.25, 0.3) is 5.91 Å². The molecule has 148 valence electrons. The quantitative estimate of drug-likeness (QED) is 0.520. The number of imide groups is 1. The first-order chi connectivity index (χ1) is 13.0. The highest BCUT2D eigenvalue weighted by Gasteiger charge is 2.19. The van der Waals surface area contributed by atoms with Gasteiger partial charge in [-0.25, -0.2) is 9.59 Å². The maximum atomic E-state index is 12.3. The molecule has 0 radical (unpaired) electrons. The summed E-state index contributed by atoms with van der Waals surface area (Å²) in [5.74, 6) is -0.231. The fourth-order valence-electron chi connectivity index (χ4n) is 2.43. The van der Waals surface area contributed by atoms with Gasteiger partial charge in [-0.2, -0.15) is 0 Å². The second-order valence-corrected chi connectivity index (χ2v) is 7.73. The predicted octanol–water partition coefficient (Wildman–Crippen LogP) is 2.60. The van der Waals surface area contributed by atoms with Gasteiger partial charge < -0.3 is 14.8 Å². The lowest BCUT2D eigenvalue weighted by Crippen LogP contribution is -2.42. The Labute approximate surface area is 163 Å². The van der Waals surface area contributed by atoms with E-state index in [0.29, 0.717) is 12.1 Å². The number of thioether (sulfide) groups is 1. The molecule has 1 aromatic rings. The van der Waals surface area contributed by atoms with E-state index in [0.717, 1.165) is 30.1 Å². The minimum Gasteiger partial charge on any atom is -0.452 e. The summed E-state index contributed by atoms with van der Waals surface area (Å²) in [6.45, 7) is 4.61. The summed E-state index contributed by atoms with van der Waals surface area (Å²) in [4.78, 5) is 36.4. The SMILES string of the molecule is CC(C)CNC(=O)NC(=O)COC(=O)c1ccccc1SC[C@@H]1CCCO1. The van der Waals surface area contributed by atoms with Crippen molar-refractivity contribution >= 4 is 29.7 Å². The average Bonchev–Trinajstić information content (AvgIpc) is 3.16. The Hall–Kier alpha value is -2.06. The molecule has 0 unspecified atom stereocenters. The number of rotatable bonds is 8. The van der Waals surface area contributed by atoms with E-state index in [1.807, 2.05) is 26.0 Å². The van der Waals surface area contributed by atoms with Crippen LogP contribution in [0.2, 0.25) is 0 Å². The molecule has 7 nitrogen and oxygen atoms in total. The summed E-state index contributed by atoms with van der Waals surface area (Å²) in [7, 11) is 0. The van der Waals surface area contributed by atoms with Crippen molar-refractivity contribution in [2.24, 2.45) is 5.92 Å². The molecule has 1 saturated heterocycles. The number of hydrogen-bond acceptors (Lipinski definition) is 6. The van der Waals surface area contributed by atoms with Crippen LogP contribution < -0.4 is 10.6 Å². The molecule has 27 heavy (non-hydrogen) atoms. The lowest BCUT2D eigenvalue weighted by atomic mass is 10.2. The molecule has 2 rings (SSSR count). The van der Waals surface area contributed by atoms with Gasteiger partial charge in [0.2, 0.25) is 0 Å². The van der Waals surface area contributed by atoms with Gasteiger partial charge in [0.05, 0.1) is 11.7 Å². The van der Waals surface area contributed by atoms with E-state index >= 15 is 0 Å². The van der Waals surface area contributed by atoms with Crippen LogP contribution in [0.25, 0.3) is 0 Å². The summed E-state index contributed by atoms with van der Waals surface area (Å²) in [6, 6.07) is 6.49. The third kappa shape index (κ3) is 7.60. The van der Waals surface area contributed by atoms with Gasteiger partial charge in [0, 0.05) is 23.8 Å². The van der Waals surface area contributed by atoms with Crippen LogP contribution >= 0.6 is 11.8 Å². The van der Waals surface area contributed by atoms with Crippen molar-refractivity contribution in [2.45, 2.75) is 37.7 Å². The number of esters is 1. The van der Waals surface area contributed by atoms with Crippen molar-refractivity contribution in [3.8, 4) is 0 Å². The van der Waals surface area contributed by atoms with Crippen molar-refractivity contribution in [1.82, 2.24) is 10.6 Å². The molecular formula is C19H26N2O5S. The van der Waals surface area contributed by atoms with Gasteiger partial charge in [-0.3, -0.25) is 10.1 Å². The number of urea groups is 1. The zero-order valence-corrected chi connectivity index (χ0v) is 16.5. The van der Waals surface area contributed by atoms with Gasteiger partial charge in [-0.15, -0.1) is 11.8 Å². The molecule has 1 atom stereocenters. The summed E-state index contributed by atoms with van der Waals surface area (Å²) < 4.78 is 10.7. The van der Waals surface area contributed by atoms with Gasteiger partial charge in [0.15, 0.2) is 6.61 Å². The molecule has 1 heterocycles. The highest BCUT2D eigenvalue weighted by atomic mass is 32.2. The maximum Gasteiger partial charge on any atom is 0.339 e. The van der Waals surface area contributed by atoms with Crippen LogP contribution in [-0.4, -0.2) is 49.5 Å². The first-order valence-electron chi connectivity index (χ1n) is 9.04. The van der Waals surface area contributed by atoms with E-state index in [9.17, 15) is 14.4 Å². The largest absolute Gasteiger partial charge is 0.452 e. The Bertz CT molecular complexity index is 659. The van der Waals surface area contributed by atoms with Crippen molar-refractivity contribution in [2.75, 3.05) is 25.5 Å². The maximum absolute atomic E-state index is 12.3. The number of hydrogen-bond donors (Lipinski definition) is 2. The van der Waals surface area contributed by atoms with Crippen molar-refractivity contribution in [3.63, 3.8) is 0 Å². The normalized spacial score (nSPS) is 16.2. The Kier molecular flexibility index (Phi) is 8.60. The van der Waals surface area contributed by atoms with Crippen LogP contribution in [0.5, 0.6) is 0 Å². The smallest absolute Gasteiger partial charge is 0.339 e. The van der Waals surface area contributed by atoms with Crippen LogP contribution in [-0.2, 0) is 14.3 Å². The standard InChI is InChI=1S/C19H26N2O5S/c1-13(2)10-20-19(24)21-17(22)11-26-18(23)15-7-3-4-8-16(15)27-12-14-6-5-9-25-14/h3-4,7-8,13-14H,5-6,9-12H2,1-2H3,(H2,20,21,22,24)/t14-/m0/s1. The zero-order valence-electron chi connectivity index (χ0n) is 15.7. The molecule has 0 aromatic heterocycles. The molecule has 8 heteroatoms. The number of amides is 3. The Morgan fingerprint density at radius 1 is 1.30 bits per heavy atom. The Morgan fingerprint density at radius 3 is 2.78 bits per heavy atom. The van der Waals surface area contributed by atoms with Gasteiger partial charge >= 0.3 is 12.0 Å². The molecule has 1 aromatic carbocycles. The van der Waals surface area contributed by atoms with Crippen LogP contribution in [0.4, 0.5) is 4.79 Å². The van der Waals surface area contributed by atoms with E-state index in [1.165, 1.54) is 11.8 Å². The van der Waals surface area contributed by atoms with Gasteiger partial charge in [0.1, 0.15) is 0 Å². The van der Waals surface area contributed by atoms with E-state index in [4.69, 9.17) is 9.47 Å². The molecule has 1 aliphatic rings. The molecule has 3 amide bonds. The second kappa shape index (κ2) is 10.9. The van der Waals surface area contributed by atoms with Crippen molar-refractivity contribution in [1.29, 1.82) is 0 Å². The second-order valence-electron chi connectivity index (χ2n) is 6.67. The Morgan fingerprint density at radius 2 is 2.07 bits per heavy atom. The first kappa shape index (κ1) is 21.2. The van der Waals surface area contributed by atoms with Crippen LogP contribution in [0, 0.1) is 5.92 Å².